The van der Waals surface area contributed by atoms with Crippen molar-refractivity contribution in [3.63, 3.8) is 0 Å². The molecule has 218 valence electrons. The SMILES string of the molecule is CCCCS[C@@H]1C[C@@H](C(=O)O)N(C(=O)C(NC(=O)OC(C)(C)C)C(C)(C)Cc2ccc(-c3ccccc3)cc2)C1. The van der Waals surface area contributed by atoms with E-state index in [1.165, 1.54) is 4.90 Å². The van der Waals surface area contributed by atoms with E-state index in [0.717, 1.165) is 35.3 Å². The maximum absolute atomic E-state index is 14.1. The zero-order valence-electron chi connectivity index (χ0n) is 24.6. The molecule has 0 bridgehead atoms. The third kappa shape index (κ3) is 8.75. The summed E-state index contributed by atoms with van der Waals surface area (Å²) in [7, 11) is 0. The molecule has 3 atom stereocenters. The van der Waals surface area contributed by atoms with Gasteiger partial charge in [-0.2, -0.15) is 11.8 Å². The van der Waals surface area contributed by atoms with Gasteiger partial charge in [-0.05, 0) is 67.9 Å². The number of nitrogens with one attached hydrogen (secondary N) is 1. The van der Waals surface area contributed by atoms with E-state index < -0.39 is 35.2 Å². The number of hydrogen-bond acceptors (Lipinski definition) is 5. The minimum absolute atomic E-state index is 0.0485. The lowest BCUT2D eigenvalue weighted by Crippen LogP contribution is -2.58. The molecule has 1 unspecified atom stereocenters. The first kappa shape index (κ1) is 31.5. The zero-order valence-corrected chi connectivity index (χ0v) is 25.4. The predicted octanol–water partition coefficient (Wildman–Crippen LogP) is 6.40. The number of nitrogens with zero attached hydrogens (tertiary/aromatic N) is 1. The van der Waals surface area contributed by atoms with Crippen LogP contribution in [0.3, 0.4) is 0 Å². The predicted molar refractivity (Wildman–Crippen MR) is 161 cm³/mol. The van der Waals surface area contributed by atoms with Gasteiger partial charge in [-0.25, -0.2) is 9.59 Å². The molecule has 0 aromatic heterocycles. The summed E-state index contributed by atoms with van der Waals surface area (Å²) in [6.07, 6.45) is 2.31. The lowest BCUT2D eigenvalue weighted by atomic mass is 9.77. The van der Waals surface area contributed by atoms with E-state index >= 15 is 0 Å². The van der Waals surface area contributed by atoms with Crippen molar-refractivity contribution >= 4 is 29.7 Å². The smallest absolute Gasteiger partial charge is 0.408 e. The Morgan fingerprint density at radius 3 is 2.23 bits per heavy atom. The highest BCUT2D eigenvalue weighted by molar-refractivity contribution is 7.99. The molecule has 0 spiro atoms. The molecule has 1 aliphatic rings. The zero-order chi connectivity index (χ0) is 29.5. The highest BCUT2D eigenvalue weighted by Gasteiger charge is 2.46. The van der Waals surface area contributed by atoms with Gasteiger partial charge in [-0.3, -0.25) is 4.79 Å². The Morgan fingerprint density at radius 1 is 1.02 bits per heavy atom. The summed E-state index contributed by atoms with van der Waals surface area (Å²) in [4.78, 5) is 40.7. The fraction of sp³-hybridized carbons (Fsp3) is 0.531. The van der Waals surface area contributed by atoms with Crippen LogP contribution in [-0.4, -0.2) is 63.2 Å². The third-order valence-electron chi connectivity index (χ3n) is 7.09. The van der Waals surface area contributed by atoms with Crippen molar-refractivity contribution in [2.24, 2.45) is 5.41 Å². The van der Waals surface area contributed by atoms with Crippen LogP contribution >= 0.6 is 11.8 Å². The Labute approximate surface area is 243 Å². The topological polar surface area (TPSA) is 95.9 Å². The number of thioether (sulfide) groups is 1. The Bertz CT molecular complexity index is 1140. The lowest BCUT2D eigenvalue weighted by Gasteiger charge is -2.37. The fourth-order valence-electron chi connectivity index (χ4n) is 5.05. The molecule has 2 amide bonds. The summed E-state index contributed by atoms with van der Waals surface area (Å²) in [6.45, 7) is 11.6. The van der Waals surface area contributed by atoms with Crippen LogP contribution in [0.1, 0.15) is 66.4 Å². The number of ether oxygens (including phenoxy) is 1. The number of aliphatic carboxylic acids is 1. The summed E-state index contributed by atoms with van der Waals surface area (Å²) >= 11 is 1.72. The van der Waals surface area contributed by atoms with E-state index in [1.807, 2.05) is 44.2 Å². The monoisotopic (exact) mass is 568 g/mol. The summed E-state index contributed by atoms with van der Waals surface area (Å²) in [5.41, 5.74) is 1.74. The van der Waals surface area contributed by atoms with Crippen molar-refractivity contribution in [2.75, 3.05) is 12.3 Å². The number of hydrogen-bond donors (Lipinski definition) is 2. The normalized spacial score (nSPS) is 18.3. The molecule has 1 saturated heterocycles. The van der Waals surface area contributed by atoms with Gasteiger partial charge in [0.05, 0.1) is 0 Å². The number of benzene rings is 2. The largest absolute Gasteiger partial charge is 0.480 e. The van der Waals surface area contributed by atoms with Crippen LogP contribution < -0.4 is 5.32 Å². The molecule has 40 heavy (non-hydrogen) atoms. The van der Waals surface area contributed by atoms with E-state index in [0.29, 0.717) is 19.4 Å². The number of unbranched alkanes of at least 4 members (excludes halogenated alkanes) is 1. The molecular weight excluding hydrogens is 524 g/mol. The van der Waals surface area contributed by atoms with Crippen LogP contribution in [0.25, 0.3) is 11.1 Å². The molecule has 0 saturated carbocycles. The first-order chi connectivity index (χ1) is 18.8. The fourth-order valence-corrected chi connectivity index (χ4v) is 6.42. The Hall–Kier alpha value is -3.00. The summed E-state index contributed by atoms with van der Waals surface area (Å²) in [6, 6.07) is 16.4. The molecule has 0 radical (unpaired) electrons. The number of likely N-dealkylation sites (tertiary alicyclic amines) is 1. The first-order valence-electron chi connectivity index (χ1n) is 14.1. The number of carbonyl (C=O) groups excluding carboxylic acids is 2. The summed E-state index contributed by atoms with van der Waals surface area (Å²) in [5, 5.41) is 12.9. The van der Waals surface area contributed by atoms with Gasteiger partial charge < -0.3 is 20.1 Å². The molecule has 1 aliphatic heterocycles. The van der Waals surface area contributed by atoms with Crippen molar-refractivity contribution in [3.05, 3.63) is 60.2 Å². The Balaban J connectivity index is 1.86. The van der Waals surface area contributed by atoms with Gasteiger partial charge >= 0.3 is 12.1 Å². The second-order valence-electron chi connectivity index (χ2n) is 12.2. The molecule has 7 nitrogen and oxygen atoms in total. The van der Waals surface area contributed by atoms with Crippen LogP contribution in [0.5, 0.6) is 0 Å². The van der Waals surface area contributed by atoms with Gasteiger partial charge in [0.2, 0.25) is 5.91 Å². The number of carboxylic acid groups (broad SMARTS) is 1. The van der Waals surface area contributed by atoms with E-state index in [-0.39, 0.29) is 11.2 Å². The average Bonchev–Trinajstić information content (AvgIpc) is 3.31. The summed E-state index contributed by atoms with van der Waals surface area (Å²) in [5.74, 6) is -0.473. The van der Waals surface area contributed by atoms with Gasteiger partial charge in [0, 0.05) is 11.8 Å². The number of alkyl carbamates (subject to hydrolysis) is 1. The number of amides is 2. The highest BCUT2D eigenvalue weighted by Crippen LogP contribution is 2.34. The molecular formula is C32H44N2O5S. The van der Waals surface area contributed by atoms with Crippen molar-refractivity contribution in [1.29, 1.82) is 0 Å². The van der Waals surface area contributed by atoms with Crippen molar-refractivity contribution in [2.45, 2.75) is 90.2 Å². The maximum Gasteiger partial charge on any atom is 0.408 e. The van der Waals surface area contributed by atoms with Crippen molar-refractivity contribution in [1.82, 2.24) is 10.2 Å². The number of rotatable bonds is 11. The molecule has 2 aromatic carbocycles. The Morgan fingerprint density at radius 2 is 1.65 bits per heavy atom. The van der Waals surface area contributed by atoms with Gasteiger partial charge in [0.15, 0.2) is 0 Å². The number of carbonyl (C=O) groups is 3. The van der Waals surface area contributed by atoms with Crippen LogP contribution in [0.2, 0.25) is 0 Å². The summed E-state index contributed by atoms with van der Waals surface area (Å²) < 4.78 is 5.51. The molecule has 0 aliphatic carbocycles. The minimum atomic E-state index is -1.02. The lowest BCUT2D eigenvalue weighted by molar-refractivity contribution is -0.150. The van der Waals surface area contributed by atoms with E-state index in [2.05, 4.69) is 36.5 Å². The van der Waals surface area contributed by atoms with Gasteiger partial charge in [0.25, 0.3) is 0 Å². The second-order valence-corrected chi connectivity index (χ2v) is 13.6. The van der Waals surface area contributed by atoms with Crippen LogP contribution in [0.15, 0.2) is 54.6 Å². The molecule has 2 aromatic rings. The standard InChI is InChI=1S/C32H44N2O5S/c1-7-8-18-40-25-19-26(29(36)37)34(21-25)28(35)27(33-30(38)39-31(2,3)4)32(5,6)20-22-14-16-24(17-15-22)23-12-10-9-11-13-23/h9-17,25-27H,7-8,18-21H2,1-6H3,(H,33,38)(H,36,37)/t25-,26+,27?/m1/s1. The van der Waals surface area contributed by atoms with E-state index in [9.17, 15) is 19.5 Å². The van der Waals surface area contributed by atoms with Gasteiger partial charge in [0.1, 0.15) is 17.7 Å². The molecule has 8 heteroatoms. The van der Waals surface area contributed by atoms with Gasteiger partial charge in [-0.1, -0.05) is 81.8 Å². The molecule has 1 fully saturated rings. The minimum Gasteiger partial charge on any atom is -0.480 e. The second kappa shape index (κ2) is 13.6. The quantitative estimate of drug-likeness (QED) is 0.305. The molecule has 1 heterocycles. The van der Waals surface area contributed by atoms with Crippen molar-refractivity contribution in [3.8, 4) is 11.1 Å². The average molecular weight is 569 g/mol. The van der Waals surface area contributed by atoms with Crippen LogP contribution in [0, 0.1) is 5.41 Å². The highest BCUT2D eigenvalue weighted by atomic mass is 32.2. The van der Waals surface area contributed by atoms with E-state index in [4.69, 9.17) is 4.74 Å². The number of carboxylic acids is 1. The van der Waals surface area contributed by atoms with Crippen LogP contribution in [-0.2, 0) is 20.7 Å². The first-order valence-corrected chi connectivity index (χ1v) is 15.1. The Kier molecular flexibility index (Phi) is 10.7. The van der Waals surface area contributed by atoms with Gasteiger partial charge in [-0.15, -0.1) is 0 Å². The third-order valence-corrected chi connectivity index (χ3v) is 8.43. The van der Waals surface area contributed by atoms with E-state index in [1.54, 1.807) is 32.5 Å². The molecule has 3 rings (SSSR count). The van der Waals surface area contributed by atoms with Crippen LogP contribution in [0.4, 0.5) is 4.79 Å². The van der Waals surface area contributed by atoms with Crippen molar-refractivity contribution < 1.29 is 24.2 Å². The maximum atomic E-state index is 14.1. The molecule has 2 N–H and O–H groups in total.